The summed E-state index contributed by atoms with van der Waals surface area (Å²) in [5.74, 6) is 1.18. The topological polar surface area (TPSA) is 157 Å². The number of rotatable bonds is 9. The minimum absolute atomic E-state index is 0.103. The van der Waals surface area contributed by atoms with Crippen LogP contribution in [0.3, 0.4) is 0 Å². The number of aromatic nitrogens is 4. The van der Waals surface area contributed by atoms with Gasteiger partial charge in [0.1, 0.15) is 17.7 Å². The van der Waals surface area contributed by atoms with Crippen LogP contribution in [0.1, 0.15) is 63.3 Å². The van der Waals surface area contributed by atoms with Gasteiger partial charge in [-0.05, 0) is 75.8 Å². The van der Waals surface area contributed by atoms with E-state index >= 15 is 0 Å². The Morgan fingerprint density at radius 1 is 0.714 bits per heavy atom. The van der Waals surface area contributed by atoms with Crippen molar-refractivity contribution in [1.82, 2.24) is 35.1 Å². The van der Waals surface area contributed by atoms with Crippen LogP contribution in [0.5, 0.6) is 0 Å². The predicted octanol–water partition coefficient (Wildman–Crippen LogP) is 8.81. The molecule has 0 aliphatic carbocycles. The molecule has 0 radical (unpaired) electrons. The van der Waals surface area contributed by atoms with Gasteiger partial charge in [0.25, 0.3) is 0 Å². The summed E-state index contributed by atoms with van der Waals surface area (Å²) in [6.07, 6.45) is 5.31. The Balaban J connectivity index is 0.996. The van der Waals surface area contributed by atoms with Gasteiger partial charge in [0, 0.05) is 13.1 Å². The number of amides is 3. The van der Waals surface area contributed by atoms with Gasteiger partial charge in [0.05, 0.1) is 43.0 Å². The maximum atomic E-state index is 13.6. The third-order valence-corrected chi connectivity index (χ3v) is 11.2. The zero-order valence-corrected chi connectivity index (χ0v) is 31.7. The van der Waals surface area contributed by atoms with Crippen LogP contribution in [-0.4, -0.2) is 79.2 Å². The molecule has 0 bridgehead atoms. The number of fused-ring (bicyclic) bond motifs is 1. The molecule has 0 saturated carbocycles. The summed E-state index contributed by atoms with van der Waals surface area (Å²) in [4.78, 5) is 56.6. The average Bonchev–Trinajstić information content (AvgIpc) is 4.06. The Labute approximate surface area is 324 Å². The Kier molecular flexibility index (Phi) is 10.0. The van der Waals surface area contributed by atoms with E-state index in [4.69, 9.17) is 9.72 Å². The summed E-state index contributed by atoms with van der Waals surface area (Å²) in [6, 6.07) is 28.5. The number of carbonyl (C=O) groups is 3. The molecule has 2 fully saturated rings. The molecule has 3 unspecified atom stereocenters. The summed E-state index contributed by atoms with van der Waals surface area (Å²) >= 11 is 0. The number of nitrogens with one attached hydrogen (secondary N) is 3. The Morgan fingerprint density at radius 3 is 1.64 bits per heavy atom. The zero-order valence-electron chi connectivity index (χ0n) is 31.7. The van der Waals surface area contributed by atoms with Crippen molar-refractivity contribution in [3.8, 4) is 44.8 Å². The van der Waals surface area contributed by atoms with Crippen LogP contribution in [0.25, 0.3) is 55.5 Å². The molecule has 3 atom stereocenters. The lowest BCUT2D eigenvalue weighted by Gasteiger charge is -2.30. The van der Waals surface area contributed by atoms with Crippen molar-refractivity contribution in [1.29, 1.82) is 0 Å². The molecule has 12 heteroatoms. The number of carbonyl (C=O) groups excluding carboxylic acids is 2. The highest BCUT2D eigenvalue weighted by Gasteiger charge is 2.37. The standard InChI is InChI=1S/C44H45N7O5/c1-26(2)39(49-43(53)56-3)42(52)50-22-6-12-37(50)40-45-24-35(47-40)29-18-14-27(15-19-29)31-8-4-11-34-32(9-5-10-33(31)34)28-16-20-30(21-17-28)36-25-46-41(48-36)38-13-7-23-51(38)44(54)55/h4-5,8-11,14-21,24-26,37-39H,6-7,12-13,22-23H2,1-3H3,(H,45,47)(H,46,48)(H,49,53)(H,54,55). The minimum atomic E-state index is -0.912. The number of alkyl carbamates (subject to hydrolysis) is 1. The molecule has 6 aromatic rings. The lowest BCUT2D eigenvalue weighted by molar-refractivity contribution is -0.135. The second-order valence-corrected chi connectivity index (χ2v) is 14.9. The molecular weight excluding hydrogens is 707 g/mol. The number of hydrogen-bond acceptors (Lipinski definition) is 6. The highest BCUT2D eigenvalue weighted by molar-refractivity contribution is 6.04. The van der Waals surface area contributed by atoms with Crippen LogP contribution in [-0.2, 0) is 9.53 Å². The predicted molar refractivity (Wildman–Crippen MR) is 215 cm³/mol. The Bertz CT molecular complexity index is 2380. The Hall–Kier alpha value is -6.43. The minimum Gasteiger partial charge on any atom is -0.465 e. The van der Waals surface area contributed by atoms with E-state index in [2.05, 4.69) is 105 Å². The van der Waals surface area contributed by atoms with Crippen molar-refractivity contribution in [2.75, 3.05) is 20.2 Å². The third-order valence-electron chi connectivity index (χ3n) is 11.2. The third kappa shape index (κ3) is 6.98. The molecule has 2 aliphatic heterocycles. The first-order valence-electron chi connectivity index (χ1n) is 19.2. The normalized spacial score (nSPS) is 17.4. The van der Waals surface area contributed by atoms with Crippen LogP contribution in [0.15, 0.2) is 97.3 Å². The van der Waals surface area contributed by atoms with E-state index in [1.165, 1.54) is 12.0 Å². The monoisotopic (exact) mass is 751 g/mol. The van der Waals surface area contributed by atoms with Gasteiger partial charge in [0.2, 0.25) is 5.91 Å². The summed E-state index contributed by atoms with van der Waals surface area (Å²) in [5, 5.41) is 14.6. The summed E-state index contributed by atoms with van der Waals surface area (Å²) in [7, 11) is 1.29. The molecule has 2 aliphatic rings. The van der Waals surface area contributed by atoms with Crippen LogP contribution >= 0.6 is 0 Å². The van der Waals surface area contributed by atoms with Gasteiger partial charge in [-0.1, -0.05) is 98.8 Å². The molecule has 0 spiro atoms. The van der Waals surface area contributed by atoms with Crippen molar-refractivity contribution in [3.63, 3.8) is 0 Å². The number of benzene rings is 4. The molecule has 2 saturated heterocycles. The molecular formula is C44H45N7O5. The van der Waals surface area contributed by atoms with Gasteiger partial charge in [-0.3, -0.25) is 9.69 Å². The number of methoxy groups -OCH3 is 1. The first-order valence-corrected chi connectivity index (χ1v) is 19.2. The fraction of sp³-hybridized carbons (Fsp3) is 0.295. The number of ether oxygens (including phenoxy) is 1. The van der Waals surface area contributed by atoms with E-state index < -0.39 is 18.2 Å². The number of H-pyrrole nitrogens is 2. The lowest BCUT2D eigenvalue weighted by atomic mass is 9.92. The van der Waals surface area contributed by atoms with Gasteiger partial charge in [-0.15, -0.1) is 0 Å². The molecule has 4 aromatic carbocycles. The van der Waals surface area contributed by atoms with Crippen molar-refractivity contribution in [3.05, 3.63) is 109 Å². The van der Waals surface area contributed by atoms with Crippen LogP contribution in [0, 0.1) is 5.92 Å². The molecule has 4 N–H and O–H groups in total. The van der Waals surface area contributed by atoms with Gasteiger partial charge >= 0.3 is 12.2 Å². The SMILES string of the molecule is COC(=O)NC(C(=O)N1CCCC1c1ncc(-c2ccc(-c3cccc4c(-c5ccc(-c6cnc(C7CCCN7C(=O)O)[nH]6)cc5)cccc34)cc2)[nH]1)C(C)C. The lowest BCUT2D eigenvalue weighted by Crippen LogP contribution is -2.51. The van der Waals surface area contributed by atoms with Crippen LogP contribution in [0.2, 0.25) is 0 Å². The molecule has 8 rings (SSSR count). The van der Waals surface area contributed by atoms with Crippen molar-refractivity contribution >= 4 is 28.9 Å². The van der Waals surface area contributed by atoms with Crippen molar-refractivity contribution in [2.24, 2.45) is 5.92 Å². The number of hydrogen-bond donors (Lipinski definition) is 4. The molecule has 4 heterocycles. The van der Waals surface area contributed by atoms with Gasteiger partial charge in [-0.2, -0.15) is 0 Å². The first-order chi connectivity index (χ1) is 27.2. The highest BCUT2D eigenvalue weighted by Crippen LogP contribution is 2.38. The average molecular weight is 752 g/mol. The quantitative estimate of drug-likeness (QED) is 0.115. The maximum absolute atomic E-state index is 13.6. The molecule has 2 aromatic heterocycles. The number of likely N-dealkylation sites (tertiary alicyclic amines) is 2. The van der Waals surface area contributed by atoms with Gasteiger partial charge in [0.15, 0.2) is 0 Å². The maximum Gasteiger partial charge on any atom is 0.407 e. The molecule has 12 nitrogen and oxygen atoms in total. The number of imidazole rings is 2. The zero-order chi connectivity index (χ0) is 38.9. The fourth-order valence-corrected chi connectivity index (χ4v) is 8.25. The summed E-state index contributed by atoms with van der Waals surface area (Å²) in [6.45, 7) is 4.94. The number of nitrogens with zero attached hydrogens (tertiary/aromatic N) is 4. The number of aromatic amines is 2. The van der Waals surface area contributed by atoms with E-state index in [0.717, 1.165) is 87.0 Å². The second-order valence-electron chi connectivity index (χ2n) is 14.9. The van der Waals surface area contributed by atoms with E-state index in [1.807, 2.05) is 24.9 Å². The highest BCUT2D eigenvalue weighted by atomic mass is 16.5. The summed E-state index contributed by atoms with van der Waals surface area (Å²) < 4.78 is 4.77. The van der Waals surface area contributed by atoms with E-state index in [-0.39, 0.29) is 23.9 Å². The molecule has 3 amide bonds. The fourth-order valence-electron chi connectivity index (χ4n) is 8.25. The van der Waals surface area contributed by atoms with E-state index in [0.29, 0.717) is 18.9 Å². The van der Waals surface area contributed by atoms with E-state index in [9.17, 15) is 19.5 Å². The van der Waals surface area contributed by atoms with Gasteiger partial charge < -0.3 is 30.0 Å². The molecule has 286 valence electrons. The van der Waals surface area contributed by atoms with Crippen LogP contribution in [0.4, 0.5) is 9.59 Å². The second kappa shape index (κ2) is 15.4. The smallest absolute Gasteiger partial charge is 0.407 e. The molecule has 56 heavy (non-hydrogen) atoms. The van der Waals surface area contributed by atoms with E-state index in [1.54, 1.807) is 6.20 Å². The summed E-state index contributed by atoms with van der Waals surface area (Å²) in [5.41, 5.74) is 8.15. The number of carboxylic acid groups (broad SMARTS) is 1. The van der Waals surface area contributed by atoms with Gasteiger partial charge in [-0.25, -0.2) is 19.6 Å². The van der Waals surface area contributed by atoms with Crippen molar-refractivity contribution < 1.29 is 24.2 Å². The van der Waals surface area contributed by atoms with Crippen LogP contribution < -0.4 is 5.32 Å². The largest absolute Gasteiger partial charge is 0.465 e. The van der Waals surface area contributed by atoms with Crippen molar-refractivity contribution in [2.45, 2.75) is 57.7 Å². The first kappa shape index (κ1) is 36.5. The Morgan fingerprint density at radius 2 is 1.18 bits per heavy atom.